The van der Waals surface area contributed by atoms with E-state index in [9.17, 15) is 0 Å². The lowest BCUT2D eigenvalue weighted by Crippen LogP contribution is -2.23. The van der Waals surface area contributed by atoms with Crippen molar-refractivity contribution in [3.63, 3.8) is 0 Å². The molecule has 0 spiro atoms. The number of hydrogen-bond donors (Lipinski definition) is 2. The minimum absolute atomic E-state index is 0.189. The Kier molecular flexibility index (Phi) is 6.49. The third-order valence-electron chi connectivity index (χ3n) is 2.12. The van der Waals surface area contributed by atoms with E-state index in [0.717, 1.165) is 30.9 Å². The largest absolute Gasteiger partial charge is 0.370 e. The Morgan fingerprint density at radius 2 is 1.88 bits per heavy atom. The number of aliphatic imine (C=N–C) groups is 1. The Morgan fingerprint density at radius 3 is 2.56 bits per heavy atom. The molecule has 3 nitrogen and oxygen atoms in total. The summed E-state index contributed by atoms with van der Waals surface area (Å²) in [6.07, 6.45) is 2.17. The number of guanidine groups is 1. The first-order valence-corrected chi connectivity index (χ1v) is 6.61. The molecule has 88 valence electrons. The van der Waals surface area contributed by atoms with Crippen LogP contribution in [-0.4, -0.2) is 24.0 Å². The van der Waals surface area contributed by atoms with E-state index in [1.807, 2.05) is 17.8 Å². The summed E-state index contributed by atoms with van der Waals surface area (Å²) in [6.45, 7) is 0.737. The van der Waals surface area contributed by atoms with Crippen molar-refractivity contribution in [3.8, 4) is 0 Å². The van der Waals surface area contributed by atoms with Crippen molar-refractivity contribution in [1.29, 1.82) is 0 Å². The number of nitrogens with zero attached hydrogens (tertiary/aromatic N) is 1. The predicted molar refractivity (Wildman–Crippen MR) is 72.8 cm³/mol. The average Bonchev–Trinajstić information content (AvgIpc) is 2.29. The SMILES string of the molecule is NC(N)=NCCCSCCc1ccccc1. The zero-order valence-corrected chi connectivity index (χ0v) is 10.2. The topological polar surface area (TPSA) is 64.4 Å². The molecule has 0 aliphatic rings. The molecule has 0 amide bonds. The van der Waals surface area contributed by atoms with Gasteiger partial charge in [0.05, 0.1) is 0 Å². The van der Waals surface area contributed by atoms with E-state index >= 15 is 0 Å². The summed E-state index contributed by atoms with van der Waals surface area (Å²) in [6, 6.07) is 10.5. The molecule has 0 aromatic heterocycles. The van der Waals surface area contributed by atoms with Crippen LogP contribution in [0.15, 0.2) is 35.3 Å². The van der Waals surface area contributed by atoms with E-state index in [1.54, 1.807) is 0 Å². The smallest absolute Gasteiger partial charge is 0.185 e. The highest BCUT2D eigenvalue weighted by Crippen LogP contribution is 2.07. The van der Waals surface area contributed by atoms with Crippen molar-refractivity contribution in [2.24, 2.45) is 16.5 Å². The Hall–Kier alpha value is -1.16. The van der Waals surface area contributed by atoms with E-state index < -0.39 is 0 Å². The second-order valence-corrected chi connectivity index (χ2v) is 4.73. The molecule has 1 rings (SSSR count). The molecular formula is C12H19N3S. The summed E-state index contributed by atoms with van der Waals surface area (Å²) < 4.78 is 0. The fourth-order valence-corrected chi connectivity index (χ4v) is 2.23. The number of aryl methyl sites for hydroxylation is 1. The molecular weight excluding hydrogens is 218 g/mol. The van der Waals surface area contributed by atoms with Crippen LogP contribution in [0.3, 0.4) is 0 Å². The minimum Gasteiger partial charge on any atom is -0.370 e. The molecule has 0 aliphatic heterocycles. The molecule has 4 heteroatoms. The van der Waals surface area contributed by atoms with Crippen molar-refractivity contribution in [2.45, 2.75) is 12.8 Å². The van der Waals surface area contributed by atoms with Crippen molar-refractivity contribution < 1.29 is 0 Å². The van der Waals surface area contributed by atoms with Gasteiger partial charge in [0.1, 0.15) is 0 Å². The summed E-state index contributed by atoms with van der Waals surface area (Å²) in [5.41, 5.74) is 11.9. The standard InChI is InChI=1S/C12H19N3S/c13-12(14)15-8-4-9-16-10-7-11-5-2-1-3-6-11/h1-3,5-6H,4,7-10H2,(H4,13,14,15). The van der Waals surface area contributed by atoms with Gasteiger partial charge in [-0.15, -0.1) is 0 Å². The molecule has 1 aromatic rings. The van der Waals surface area contributed by atoms with Gasteiger partial charge in [0.25, 0.3) is 0 Å². The van der Waals surface area contributed by atoms with Crippen LogP contribution < -0.4 is 11.5 Å². The lowest BCUT2D eigenvalue weighted by atomic mass is 10.2. The molecule has 0 fully saturated rings. The van der Waals surface area contributed by atoms with Crippen LogP contribution in [0, 0.1) is 0 Å². The molecule has 0 radical (unpaired) electrons. The Labute approximate surface area is 101 Å². The molecule has 0 saturated carbocycles. The number of nitrogens with two attached hydrogens (primary N) is 2. The summed E-state index contributed by atoms with van der Waals surface area (Å²) in [5, 5.41) is 0. The fraction of sp³-hybridized carbons (Fsp3) is 0.417. The first-order chi connectivity index (χ1) is 7.79. The highest BCUT2D eigenvalue weighted by molar-refractivity contribution is 7.99. The van der Waals surface area contributed by atoms with Gasteiger partial charge in [-0.25, -0.2) is 0 Å². The quantitative estimate of drug-likeness (QED) is 0.430. The number of rotatable bonds is 7. The zero-order valence-electron chi connectivity index (χ0n) is 9.43. The number of hydrogen-bond acceptors (Lipinski definition) is 2. The van der Waals surface area contributed by atoms with Crippen molar-refractivity contribution in [3.05, 3.63) is 35.9 Å². The maximum atomic E-state index is 5.23. The van der Waals surface area contributed by atoms with Crippen LogP contribution >= 0.6 is 11.8 Å². The third-order valence-corrected chi connectivity index (χ3v) is 3.19. The normalized spacial score (nSPS) is 10.0. The molecule has 0 aliphatic carbocycles. The Bertz CT molecular complexity index is 307. The number of thioether (sulfide) groups is 1. The van der Waals surface area contributed by atoms with Gasteiger partial charge >= 0.3 is 0 Å². The lowest BCUT2D eigenvalue weighted by Gasteiger charge is -2.01. The molecule has 0 bridgehead atoms. The van der Waals surface area contributed by atoms with Crippen LogP contribution in [0.1, 0.15) is 12.0 Å². The summed E-state index contributed by atoms with van der Waals surface area (Å²) >= 11 is 1.95. The summed E-state index contributed by atoms with van der Waals surface area (Å²) in [5.74, 6) is 2.46. The van der Waals surface area contributed by atoms with Crippen LogP contribution in [0.25, 0.3) is 0 Å². The average molecular weight is 237 g/mol. The van der Waals surface area contributed by atoms with Gasteiger partial charge in [-0.3, -0.25) is 4.99 Å². The number of benzene rings is 1. The van der Waals surface area contributed by atoms with E-state index in [1.165, 1.54) is 5.56 Å². The van der Waals surface area contributed by atoms with E-state index in [4.69, 9.17) is 11.5 Å². The summed E-state index contributed by atoms with van der Waals surface area (Å²) in [4.78, 5) is 3.94. The highest BCUT2D eigenvalue weighted by Gasteiger charge is 1.92. The second-order valence-electron chi connectivity index (χ2n) is 3.51. The van der Waals surface area contributed by atoms with Gasteiger partial charge in [0, 0.05) is 6.54 Å². The van der Waals surface area contributed by atoms with Gasteiger partial charge < -0.3 is 11.5 Å². The molecule has 1 aromatic carbocycles. The van der Waals surface area contributed by atoms with Gasteiger partial charge in [-0.2, -0.15) is 11.8 Å². The first-order valence-electron chi connectivity index (χ1n) is 5.46. The van der Waals surface area contributed by atoms with Crippen LogP contribution in [0.2, 0.25) is 0 Å². The van der Waals surface area contributed by atoms with Crippen LogP contribution in [0.5, 0.6) is 0 Å². The van der Waals surface area contributed by atoms with Crippen molar-refractivity contribution in [2.75, 3.05) is 18.1 Å². The molecule has 4 N–H and O–H groups in total. The molecule has 0 heterocycles. The molecule has 0 unspecified atom stereocenters. The predicted octanol–water partition coefficient (Wildman–Crippen LogP) is 1.63. The Morgan fingerprint density at radius 1 is 1.12 bits per heavy atom. The molecule has 16 heavy (non-hydrogen) atoms. The Balaban J connectivity index is 1.98. The van der Waals surface area contributed by atoms with E-state index in [0.29, 0.717) is 0 Å². The van der Waals surface area contributed by atoms with Gasteiger partial charge in [-0.05, 0) is 29.9 Å². The minimum atomic E-state index is 0.189. The first kappa shape index (κ1) is 12.9. The van der Waals surface area contributed by atoms with Gasteiger partial charge in [-0.1, -0.05) is 30.3 Å². The molecule has 0 saturated heterocycles. The lowest BCUT2D eigenvalue weighted by molar-refractivity contribution is 0.936. The van der Waals surface area contributed by atoms with Crippen molar-refractivity contribution >= 4 is 17.7 Å². The van der Waals surface area contributed by atoms with Crippen LogP contribution in [0.4, 0.5) is 0 Å². The fourth-order valence-electron chi connectivity index (χ4n) is 1.31. The molecule has 0 atom stereocenters. The maximum Gasteiger partial charge on any atom is 0.185 e. The summed E-state index contributed by atoms with van der Waals surface area (Å²) in [7, 11) is 0. The van der Waals surface area contributed by atoms with Crippen molar-refractivity contribution in [1.82, 2.24) is 0 Å². The monoisotopic (exact) mass is 237 g/mol. The third kappa shape index (κ3) is 6.35. The van der Waals surface area contributed by atoms with Gasteiger partial charge in [0.2, 0.25) is 0 Å². The maximum absolute atomic E-state index is 5.23. The zero-order chi connectivity index (χ0) is 11.6. The highest BCUT2D eigenvalue weighted by atomic mass is 32.2. The van der Waals surface area contributed by atoms with Crippen LogP contribution in [-0.2, 0) is 6.42 Å². The second kappa shape index (κ2) is 8.05. The van der Waals surface area contributed by atoms with E-state index in [2.05, 4.69) is 29.3 Å². The van der Waals surface area contributed by atoms with E-state index in [-0.39, 0.29) is 5.96 Å². The van der Waals surface area contributed by atoms with Gasteiger partial charge in [0.15, 0.2) is 5.96 Å².